The van der Waals surface area contributed by atoms with E-state index in [0.717, 1.165) is 24.3 Å². The highest BCUT2D eigenvalue weighted by Gasteiger charge is 2.00. The first-order chi connectivity index (χ1) is 11.2. The van der Waals surface area contributed by atoms with Crippen molar-refractivity contribution in [2.45, 2.75) is 26.7 Å². The summed E-state index contributed by atoms with van der Waals surface area (Å²) in [6, 6.07) is 25.3. The molecule has 0 aliphatic rings. The molecule has 0 aromatic heterocycles. The zero-order valence-electron chi connectivity index (χ0n) is 13.8. The quantitative estimate of drug-likeness (QED) is 0.566. The molecule has 116 valence electrons. The third-order valence-corrected chi connectivity index (χ3v) is 4.02. The molecule has 0 fully saturated rings. The molecule has 0 N–H and O–H groups in total. The number of ether oxygens (including phenoxy) is 1. The van der Waals surface area contributed by atoms with Crippen LogP contribution in [0.25, 0.3) is 0 Å². The van der Waals surface area contributed by atoms with Crippen molar-refractivity contribution < 1.29 is 4.74 Å². The summed E-state index contributed by atoms with van der Waals surface area (Å²) in [4.78, 5) is 0. The van der Waals surface area contributed by atoms with Gasteiger partial charge in [-0.05, 0) is 60.7 Å². The van der Waals surface area contributed by atoms with Crippen LogP contribution in [0.2, 0.25) is 0 Å². The Morgan fingerprint density at radius 1 is 0.609 bits per heavy atom. The van der Waals surface area contributed by atoms with Crippen molar-refractivity contribution in [1.29, 1.82) is 0 Å². The van der Waals surface area contributed by atoms with Crippen molar-refractivity contribution in [1.82, 2.24) is 0 Å². The van der Waals surface area contributed by atoms with E-state index in [1.54, 1.807) is 0 Å². The molecule has 3 rings (SSSR count). The minimum Gasteiger partial charge on any atom is -0.457 e. The van der Waals surface area contributed by atoms with E-state index in [2.05, 4.69) is 62.4 Å². The molecule has 0 atom stereocenters. The second-order valence-electron chi connectivity index (χ2n) is 5.91. The molecule has 1 nitrogen and oxygen atoms in total. The average Bonchev–Trinajstić information content (AvgIpc) is 2.59. The third-order valence-electron chi connectivity index (χ3n) is 4.02. The predicted molar refractivity (Wildman–Crippen MR) is 96.3 cm³/mol. The van der Waals surface area contributed by atoms with Crippen molar-refractivity contribution >= 4 is 0 Å². The molecule has 0 spiro atoms. The molecule has 3 aromatic carbocycles. The minimum absolute atomic E-state index is 0.874. The number of hydrogen-bond acceptors (Lipinski definition) is 1. The molecule has 0 bridgehead atoms. The first kappa shape index (κ1) is 15.4. The van der Waals surface area contributed by atoms with Crippen LogP contribution in [0.3, 0.4) is 0 Å². The van der Waals surface area contributed by atoms with E-state index in [1.165, 1.54) is 22.3 Å². The Morgan fingerprint density at radius 2 is 1.04 bits per heavy atom. The number of hydrogen-bond donors (Lipinski definition) is 0. The maximum Gasteiger partial charge on any atom is 0.127 e. The second-order valence-corrected chi connectivity index (χ2v) is 5.91. The molecular weight excluding hydrogens is 280 g/mol. The lowest BCUT2D eigenvalue weighted by molar-refractivity contribution is 0.482. The van der Waals surface area contributed by atoms with E-state index in [1.807, 2.05) is 24.3 Å². The molecule has 1 heteroatoms. The van der Waals surface area contributed by atoms with Gasteiger partial charge in [0.15, 0.2) is 0 Å². The number of rotatable bonds is 5. The van der Waals surface area contributed by atoms with Gasteiger partial charge in [0.05, 0.1) is 0 Å². The summed E-state index contributed by atoms with van der Waals surface area (Å²) >= 11 is 0. The van der Waals surface area contributed by atoms with Crippen LogP contribution >= 0.6 is 0 Å². The van der Waals surface area contributed by atoms with Crippen molar-refractivity contribution in [2.75, 3.05) is 0 Å². The third kappa shape index (κ3) is 4.23. The fourth-order valence-electron chi connectivity index (χ4n) is 2.55. The number of aryl methyl sites for hydroxylation is 2. The summed E-state index contributed by atoms with van der Waals surface area (Å²) < 4.78 is 5.87. The van der Waals surface area contributed by atoms with Crippen molar-refractivity contribution in [3.8, 4) is 11.5 Å². The standard InChI is InChI=1S/C22H22O/c1-3-18-6-8-19(9-7-18)16-20-10-14-22(15-11-20)23-21-12-4-17(2)5-13-21/h4-15H,3,16H2,1-2H3. The van der Waals surface area contributed by atoms with Crippen LogP contribution in [0.4, 0.5) is 0 Å². The second kappa shape index (κ2) is 7.15. The van der Waals surface area contributed by atoms with Gasteiger partial charge in [-0.15, -0.1) is 0 Å². The summed E-state index contributed by atoms with van der Waals surface area (Å²) in [5, 5.41) is 0. The van der Waals surface area contributed by atoms with Crippen LogP contribution in [0.15, 0.2) is 72.8 Å². The van der Waals surface area contributed by atoms with E-state index in [4.69, 9.17) is 4.74 Å². The highest BCUT2D eigenvalue weighted by atomic mass is 16.5. The average molecular weight is 302 g/mol. The molecule has 0 radical (unpaired) electrons. The Morgan fingerprint density at radius 3 is 1.57 bits per heavy atom. The molecule has 0 aliphatic carbocycles. The zero-order valence-corrected chi connectivity index (χ0v) is 13.8. The Balaban J connectivity index is 1.65. The highest BCUT2D eigenvalue weighted by Crippen LogP contribution is 2.22. The maximum atomic E-state index is 5.87. The molecule has 0 unspecified atom stereocenters. The van der Waals surface area contributed by atoms with Gasteiger partial charge < -0.3 is 4.74 Å². The molecule has 0 saturated heterocycles. The van der Waals surface area contributed by atoms with Gasteiger partial charge in [-0.1, -0.05) is 61.0 Å². The van der Waals surface area contributed by atoms with Gasteiger partial charge in [0.1, 0.15) is 11.5 Å². The van der Waals surface area contributed by atoms with Crippen LogP contribution in [-0.2, 0) is 12.8 Å². The van der Waals surface area contributed by atoms with Crippen LogP contribution in [-0.4, -0.2) is 0 Å². The summed E-state index contributed by atoms with van der Waals surface area (Å²) in [5.41, 5.74) is 5.26. The summed E-state index contributed by atoms with van der Waals surface area (Å²) in [6.07, 6.45) is 2.04. The van der Waals surface area contributed by atoms with Gasteiger partial charge >= 0.3 is 0 Å². The Labute approximate surface area is 138 Å². The smallest absolute Gasteiger partial charge is 0.127 e. The highest BCUT2D eigenvalue weighted by molar-refractivity contribution is 5.36. The lowest BCUT2D eigenvalue weighted by Gasteiger charge is -2.08. The summed E-state index contributed by atoms with van der Waals surface area (Å²) in [6.45, 7) is 4.26. The largest absolute Gasteiger partial charge is 0.457 e. The van der Waals surface area contributed by atoms with E-state index < -0.39 is 0 Å². The molecule has 3 aromatic rings. The Kier molecular flexibility index (Phi) is 4.77. The molecule has 0 heterocycles. The number of benzene rings is 3. The molecule has 0 aliphatic heterocycles. The molecule has 23 heavy (non-hydrogen) atoms. The SMILES string of the molecule is CCc1ccc(Cc2ccc(Oc3ccc(C)cc3)cc2)cc1. The monoisotopic (exact) mass is 302 g/mol. The van der Waals surface area contributed by atoms with Crippen molar-refractivity contribution in [2.24, 2.45) is 0 Å². The van der Waals surface area contributed by atoms with Crippen LogP contribution < -0.4 is 4.74 Å². The summed E-state index contributed by atoms with van der Waals surface area (Å²) in [7, 11) is 0. The normalized spacial score (nSPS) is 10.5. The van der Waals surface area contributed by atoms with Gasteiger partial charge in [0.25, 0.3) is 0 Å². The van der Waals surface area contributed by atoms with E-state index >= 15 is 0 Å². The van der Waals surface area contributed by atoms with Crippen LogP contribution in [0, 0.1) is 6.92 Å². The minimum atomic E-state index is 0.874. The fourth-order valence-corrected chi connectivity index (χ4v) is 2.55. The fraction of sp³-hybridized carbons (Fsp3) is 0.182. The maximum absolute atomic E-state index is 5.87. The van der Waals surface area contributed by atoms with Gasteiger partial charge in [-0.3, -0.25) is 0 Å². The first-order valence-electron chi connectivity index (χ1n) is 8.14. The van der Waals surface area contributed by atoms with E-state index in [-0.39, 0.29) is 0 Å². The van der Waals surface area contributed by atoms with Gasteiger partial charge in [0.2, 0.25) is 0 Å². The van der Waals surface area contributed by atoms with Crippen molar-refractivity contribution in [3.05, 3.63) is 95.1 Å². The van der Waals surface area contributed by atoms with E-state index in [0.29, 0.717) is 0 Å². The Hall–Kier alpha value is -2.54. The molecular formula is C22H22O. The zero-order chi connectivity index (χ0) is 16.1. The molecule has 0 amide bonds. The van der Waals surface area contributed by atoms with Gasteiger partial charge in [-0.2, -0.15) is 0 Å². The first-order valence-corrected chi connectivity index (χ1v) is 8.14. The van der Waals surface area contributed by atoms with Gasteiger partial charge in [-0.25, -0.2) is 0 Å². The summed E-state index contributed by atoms with van der Waals surface area (Å²) in [5.74, 6) is 1.75. The van der Waals surface area contributed by atoms with Crippen molar-refractivity contribution in [3.63, 3.8) is 0 Å². The predicted octanol–water partition coefficient (Wildman–Crippen LogP) is 5.94. The Bertz CT molecular complexity index is 737. The lowest BCUT2D eigenvalue weighted by atomic mass is 10.0. The molecule has 0 saturated carbocycles. The lowest BCUT2D eigenvalue weighted by Crippen LogP contribution is -1.90. The van der Waals surface area contributed by atoms with Crippen LogP contribution in [0.1, 0.15) is 29.2 Å². The van der Waals surface area contributed by atoms with Gasteiger partial charge in [0, 0.05) is 0 Å². The topological polar surface area (TPSA) is 9.23 Å². The van der Waals surface area contributed by atoms with E-state index in [9.17, 15) is 0 Å². The van der Waals surface area contributed by atoms with Crippen LogP contribution in [0.5, 0.6) is 11.5 Å².